The Morgan fingerprint density at radius 1 is 0.286 bits per heavy atom. The number of methoxy groups -OCH3 is 4. The van der Waals surface area contributed by atoms with Crippen molar-refractivity contribution in [2.45, 2.75) is 41.5 Å². The number of aryl methyl sites for hydroxylation is 6. The highest BCUT2D eigenvalue weighted by Crippen LogP contribution is 2.36. The van der Waals surface area contributed by atoms with Gasteiger partial charge in [-0.15, -0.1) is 0 Å². The first-order valence-corrected chi connectivity index (χ1v) is 38.2. The second-order valence-electron chi connectivity index (χ2n) is 27.8. The van der Waals surface area contributed by atoms with Crippen LogP contribution in [-0.2, 0) is 0 Å². The Morgan fingerprint density at radius 3 is 0.924 bits per heavy atom. The molecule has 4 N–H and O–H groups in total. The maximum Gasteiger partial charge on any atom is 0.266 e. The van der Waals surface area contributed by atoms with Gasteiger partial charge in [-0.05, 0) is 234 Å². The fourth-order valence-electron chi connectivity index (χ4n) is 13.4. The maximum absolute atomic E-state index is 13.4. The van der Waals surface area contributed by atoms with Gasteiger partial charge in [0.25, 0.3) is 22.2 Å². The van der Waals surface area contributed by atoms with Crippen molar-refractivity contribution in [1.82, 2.24) is 38.2 Å². The van der Waals surface area contributed by atoms with Crippen LogP contribution in [0.4, 0.5) is 0 Å². The van der Waals surface area contributed by atoms with Crippen LogP contribution in [0.1, 0.15) is 78.9 Å². The van der Waals surface area contributed by atoms with Gasteiger partial charge >= 0.3 is 0 Å². The number of aromatic nitrogens is 8. The predicted octanol–water partition coefficient (Wildman–Crippen LogP) is 19.6. The van der Waals surface area contributed by atoms with E-state index in [9.17, 15) is 39.6 Å². The van der Waals surface area contributed by atoms with Crippen molar-refractivity contribution < 1.29 is 39.4 Å². The number of para-hydroxylation sites is 8. The summed E-state index contributed by atoms with van der Waals surface area (Å²) in [5, 5.41) is 44.3. The summed E-state index contributed by atoms with van der Waals surface area (Å²) in [4.78, 5) is 72.1. The molecule has 0 fully saturated rings. The summed E-state index contributed by atoms with van der Waals surface area (Å²) in [5.41, 5.74) is 13.3. The third-order valence-electron chi connectivity index (χ3n) is 19.9. The van der Waals surface area contributed by atoms with Crippen molar-refractivity contribution in [3.8, 4) is 68.7 Å². The quantitative estimate of drug-likeness (QED) is 0.0701. The van der Waals surface area contributed by atoms with E-state index in [2.05, 4.69) is 9.97 Å². The van der Waals surface area contributed by atoms with Gasteiger partial charge in [0.1, 0.15) is 23.3 Å². The highest BCUT2D eigenvalue weighted by molar-refractivity contribution is 6.31. The van der Waals surface area contributed by atoms with Crippen LogP contribution in [0, 0.1) is 41.5 Å². The Morgan fingerprint density at radius 2 is 0.588 bits per heavy atom. The first-order chi connectivity index (χ1) is 57.6. The molecular weight excluding hydrogens is 1520 g/mol. The SMILES string of the molecule is COc1cccc(/C=C/c2nc3ccccc3c(=O)n2-c2ccc(C)c(C)c2)c1O.COc1cccc(/C=C/c2nc3ccccc3c(=O)n2-c2ccc(C)cc2)c1O.COc1cccc(/C=C/c2nc3ccccc3c(=O)n2-c2ccc(C)cc2C)c1O.COc1cccc(/C=C/c2nc3ccccc3c(=O)n2-c2ccc(Cl)c(C)c2)c1O. The number of benzene rings is 12. The highest BCUT2D eigenvalue weighted by atomic mass is 35.5. The third kappa shape index (κ3) is 17.9. The normalized spacial score (nSPS) is 11.3. The zero-order chi connectivity index (χ0) is 84.1. The molecule has 4 aromatic heterocycles. The molecule has 16 rings (SSSR count). The lowest BCUT2D eigenvalue weighted by atomic mass is 10.1. The first-order valence-electron chi connectivity index (χ1n) is 37.8. The Kier molecular flexibility index (Phi) is 25.1. The zero-order valence-electron chi connectivity index (χ0n) is 66.8. The number of rotatable bonds is 16. The molecule has 119 heavy (non-hydrogen) atoms. The summed E-state index contributed by atoms with van der Waals surface area (Å²) in [6, 6.07) is 75.0. The van der Waals surface area contributed by atoms with E-state index in [1.165, 1.54) is 28.4 Å². The molecule has 0 aliphatic carbocycles. The molecular formula is C98H83ClN8O12. The fraction of sp³-hybridized carbons (Fsp3) is 0.102. The summed E-state index contributed by atoms with van der Waals surface area (Å²) >= 11 is 6.17. The standard InChI is InChI=1S/2C25H22N2O3.C24H19ClN2O3.C24H20N2O3/c1-16-11-13-19(15-17(16)2)27-23(26-21-9-5-4-8-20(21)25(27)29)14-12-18-7-6-10-22(30-3)24(18)28;1-16-11-13-21(17(2)15-16)27-23(26-20-9-5-4-8-19(20)25(27)29)14-12-18-7-6-10-22(30-3)24(18)28;1-15-14-17(11-12-19(15)25)27-22(26-20-8-4-3-7-18(20)24(27)29)13-10-16-6-5-9-21(30-2)23(16)28;1-16-10-13-18(14-11-16)26-22(25-20-8-4-3-7-19(20)24(26)28)15-12-17-6-5-9-21(29-2)23(17)27/h2*4-15,28H,1-3H3;3-14,28H,1-2H3;3-15,27H,1-2H3/b2*14-12+;13-10+;15-12+. The topological polar surface area (TPSA) is 257 Å². The van der Waals surface area contributed by atoms with Crippen molar-refractivity contribution in [1.29, 1.82) is 0 Å². The summed E-state index contributed by atoms with van der Waals surface area (Å²) in [6.07, 6.45) is 13.8. The van der Waals surface area contributed by atoms with Gasteiger partial charge < -0.3 is 39.4 Å². The molecule has 21 heteroatoms. The van der Waals surface area contributed by atoms with Gasteiger partial charge in [0.15, 0.2) is 46.0 Å². The van der Waals surface area contributed by atoms with Crippen molar-refractivity contribution >= 4 is 104 Å². The summed E-state index contributed by atoms with van der Waals surface area (Å²) in [7, 11) is 6.01. The molecule has 0 atom stereocenters. The minimum atomic E-state index is -0.183. The number of fused-ring (bicyclic) bond motifs is 4. The van der Waals surface area contributed by atoms with Gasteiger partial charge in [0, 0.05) is 27.3 Å². The van der Waals surface area contributed by atoms with Crippen LogP contribution in [0.25, 0.3) is 115 Å². The van der Waals surface area contributed by atoms with Crippen LogP contribution in [0.3, 0.4) is 0 Å². The van der Waals surface area contributed by atoms with Gasteiger partial charge in [-0.2, -0.15) is 0 Å². The molecule has 594 valence electrons. The number of aromatic hydroxyl groups is 4. The molecule has 12 aromatic carbocycles. The molecule has 0 spiro atoms. The van der Waals surface area contributed by atoms with E-state index >= 15 is 0 Å². The van der Waals surface area contributed by atoms with E-state index in [4.69, 9.17) is 40.5 Å². The second kappa shape index (κ2) is 36.6. The van der Waals surface area contributed by atoms with Crippen LogP contribution in [0.5, 0.6) is 46.0 Å². The number of nitrogens with zero attached hydrogens (tertiary/aromatic N) is 8. The van der Waals surface area contributed by atoms with Gasteiger partial charge in [-0.3, -0.25) is 37.4 Å². The molecule has 20 nitrogen and oxygen atoms in total. The maximum atomic E-state index is 13.4. The molecule has 0 aliphatic rings. The number of hydrogen-bond acceptors (Lipinski definition) is 16. The number of ether oxygens (including phenoxy) is 4. The monoisotopic (exact) mass is 1600 g/mol. The fourth-order valence-corrected chi connectivity index (χ4v) is 13.5. The average Bonchev–Trinajstić information content (AvgIpc) is 0.784. The minimum Gasteiger partial charge on any atom is -0.504 e. The molecule has 0 saturated heterocycles. The molecule has 0 radical (unpaired) electrons. The van der Waals surface area contributed by atoms with E-state index in [1.807, 2.05) is 175 Å². The van der Waals surface area contributed by atoms with Gasteiger partial charge in [0.05, 0.1) is 94.8 Å². The minimum absolute atomic E-state index is 0.0215. The van der Waals surface area contributed by atoms with E-state index < -0.39 is 0 Å². The highest BCUT2D eigenvalue weighted by Gasteiger charge is 2.19. The Bertz CT molecular complexity index is 6730. The van der Waals surface area contributed by atoms with Crippen molar-refractivity contribution in [3.05, 3.63) is 374 Å². The lowest BCUT2D eigenvalue weighted by Crippen LogP contribution is -2.23. The molecule has 4 heterocycles. The number of halogens is 1. The molecule has 0 saturated carbocycles. The van der Waals surface area contributed by atoms with E-state index in [0.29, 0.717) is 123 Å². The van der Waals surface area contributed by atoms with Crippen molar-refractivity contribution in [2.75, 3.05) is 28.4 Å². The summed E-state index contributed by atoms with van der Waals surface area (Å²) in [6.45, 7) is 11.9. The number of phenolic OH excluding ortho intramolecular Hbond substituents is 4. The lowest BCUT2D eigenvalue weighted by molar-refractivity contribution is 0.373. The van der Waals surface area contributed by atoms with Crippen molar-refractivity contribution in [2.24, 2.45) is 0 Å². The summed E-state index contributed by atoms with van der Waals surface area (Å²) in [5.74, 6) is 3.52. The largest absolute Gasteiger partial charge is 0.504 e. The molecule has 0 unspecified atom stereocenters. The van der Waals surface area contributed by atoms with E-state index in [0.717, 1.165) is 50.4 Å². The number of hydrogen-bond donors (Lipinski definition) is 4. The van der Waals surface area contributed by atoms with Crippen LogP contribution >= 0.6 is 11.6 Å². The van der Waals surface area contributed by atoms with Crippen LogP contribution in [-0.4, -0.2) is 87.1 Å². The Hall–Kier alpha value is -15.2. The Balaban J connectivity index is 0.000000137. The van der Waals surface area contributed by atoms with Crippen LogP contribution in [0.2, 0.25) is 5.02 Å². The van der Waals surface area contributed by atoms with Gasteiger partial charge in [-0.25, -0.2) is 19.9 Å². The van der Waals surface area contributed by atoms with Gasteiger partial charge in [0.2, 0.25) is 0 Å². The van der Waals surface area contributed by atoms with Gasteiger partial charge in [-0.1, -0.05) is 150 Å². The molecule has 16 aromatic rings. The molecule has 0 aliphatic heterocycles. The van der Waals surface area contributed by atoms with E-state index in [1.54, 1.807) is 182 Å². The summed E-state index contributed by atoms with van der Waals surface area (Å²) < 4.78 is 27.0. The lowest BCUT2D eigenvalue weighted by Gasteiger charge is -2.14. The van der Waals surface area contributed by atoms with Crippen LogP contribution in [0.15, 0.2) is 268 Å². The van der Waals surface area contributed by atoms with Crippen LogP contribution < -0.4 is 41.2 Å². The predicted molar refractivity (Wildman–Crippen MR) is 477 cm³/mol. The molecule has 0 amide bonds. The average molecular weight is 1600 g/mol. The smallest absolute Gasteiger partial charge is 0.266 e. The zero-order valence-corrected chi connectivity index (χ0v) is 67.6. The molecule has 0 bridgehead atoms. The van der Waals surface area contributed by atoms with Crippen molar-refractivity contribution in [3.63, 3.8) is 0 Å². The second-order valence-corrected chi connectivity index (χ2v) is 28.2. The third-order valence-corrected chi connectivity index (χ3v) is 20.3. The Labute approximate surface area is 690 Å². The first kappa shape index (κ1) is 81.9. The van der Waals surface area contributed by atoms with E-state index in [-0.39, 0.29) is 45.2 Å². The number of phenols is 4.